The lowest BCUT2D eigenvalue weighted by atomic mass is 9.46. The molecule has 6 heterocycles. The normalized spacial score (nSPS) is 32.0. The van der Waals surface area contributed by atoms with E-state index in [0.717, 1.165) is 100 Å². The number of ether oxygens (including phenoxy) is 5. The van der Waals surface area contributed by atoms with Gasteiger partial charge in [0.25, 0.3) is 0 Å². The fourth-order valence-corrected chi connectivity index (χ4v) is 18.1. The van der Waals surface area contributed by atoms with E-state index in [1.165, 1.54) is 40.7 Å². The number of nitrogens with zero attached hydrogens (tertiary/aromatic N) is 1. The van der Waals surface area contributed by atoms with Gasteiger partial charge in [0.1, 0.15) is 42.8 Å². The van der Waals surface area contributed by atoms with Crippen LogP contribution in [0.2, 0.25) is 0 Å². The summed E-state index contributed by atoms with van der Waals surface area (Å²) in [6.07, 6.45) is 17.6. The van der Waals surface area contributed by atoms with Gasteiger partial charge in [-0.15, -0.1) is 22.7 Å². The Morgan fingerprint density at radius 2 is 1.57 bits per heavy atom. The first-order chi connectivity index (χ1) is 41.8. The zero-order valence-electron chi connectivity index (χ0n) is 51.7. The quantitative estimate of drug-likeness (QED) is 0.0180. The van der Waals surface area contributed by atoms with Crippen LogP contribution in [0.1, 0.15) is 143 Å². The van der Waals surface area contributed by atoms with E-state index in [2.05, 4.69) is 70.5 Å². The number of benzene rings is 2. The summed E-state index contributed by atoms with van der Waals surface area (Å²) in [7, 11) is 4.49. The summed E-state index contributed by atoms with van der Waals surface area (Å²) >= 11 is 2.74. The number of nitrogens with one attached hydrogen (secondary N) is 1. The van der Waals surface area contributed by atoms with Crippen LogP contribution >= 0.6 is 22.7 Å². The van der Waals surface area contributed by atoms with Crippen LogP contribution in [-0.2, 0) is 56.7 Å². The largest absolute Gasteiger partial charge is 1.00 e. The molecule has 4 aliphatic carbocycles. The van der Waals surface area contributed by atoms with Gasteiger partial charge >= 0.3 is 5.97 Å². The molecule has 2 aromatic heterocycles. The number of allylic oxidation sites excluding steroid dienone is 4. The van der Waals surface area contributed by atoms with Gasteiger partial charge in [0.2, 0.25) is 5.60 Å². The second kappa shape index (κ2) is 29.3. The van der Waals surface area contributed by atoms with Crippen molar-refractivity contribution >= 4 is 40.2 Å². The Balaban J connectivity index is 0.000000157. The van der Waals surface area contributed by atoms with Crippen LogP contribution in [0.4, 0.5) is 0 Å². The number of unbranched alkanes of at least 4 members (excludes halogenated alkanes) is 4. The third-order valence-electron chi connectivity index (χ3n) is 21.0. The van der Waals surface area contributed by atoms with Crippen LogP contribution in [-0.4, -0.2) is 154 Å². The molecule has 0 spiro atoms. The monoisotopic (exact) mass is 1320 g/mol. The van der Waals surface area contributed by atoms with Crippen molar-refractivity contribution in [1.82, 2.24) is 5.32 Å². The second-order valence-electron chi connectivity index (χ2n) is 26.5. The highest BCUT2D eigenvalue weighted by atomic mass is 79.9. The first-order valence-electron chi connectivity index (χ1n) is 31.9. The van der Waals surface area contributed by atoms with Crippen molar-refractivity contribution in [2.75, 3.05) is 47.0 Å². The average molecular weight is 1320 g/mol. The van der Waals surface area contributed by atoms with Crippen molar-refractivity contribution in [2.45, 2.75) is 190 Å². The molecule has 12 rings (SSSR count). The van der Waals surface area contributed by atoms with Gasteiger partial charge in [-0.1, -0.05) is 100 Å². The van der Waals surface area contributed by atoms with Crippen LogP contribution in [0, 0.1) is 28.6 Å². The Labute approximate surface area is 537 Å². The molecule has 88 heavy (non-hydrogen) atoms. The summed E-state index contributed by atoms with van der Waals surface area (Å²) in [6.45, 7) is 8.45. The Kier molecular flexibility index (Phi) is 22.7. The number of ketones is 2. The lowest BCUT2D eigenvalue weighted by Crippen LogP contribution is -3.00. The number of morpholine rings is 1. The van der Waals surface area contributed by atoms with Crippen molar-refractivity contribution in [2.24, 2.45) is 28.6 Å². The number of carbonyl (C=O) groups excluding carboxylic acids is 3. The zero-order valence-corrected chi connectivity index (χ0v) is 54.9. The Morgan fingerprint density at radius 1 is 0.886 bits per heavy atom. The molecule has 0 amide bonds. The van der Waals surface area contributed by atoms with E-state index in [4.69, 9.17) is 23.7 Å². The van der Waals surface area contributed by atoms with E-state index in [9.17, 15) is 45.0 Å². The molecule has 2 bridgehead atoms. The number of phenols is 1. The number of quaternary nitrogens is 1. The fraction of sp³-hybridized carbons (Fsp3) is 0.609. The van der Waals surface area contributed by atoms with Crippen LogP contribution in [0.25, 0.3) is 0 Å². The third-order valence-corrected chi connectivity index (χ3v) is 22.9. The molecule has 19 heteroatoms. The van der Waals surface area contributed by atoms with Gasteiger partial charge in [0.15, 0.2) is 23.5 Å². The first-order valence-corrected chi connectivity index (χ1v) is 33.6. The van der Waals surface area contributed by atoms with Gasteiger partial charge in [-0.2, -0.15) is 0 Å². The number of halogens is 1. The number of aliphatic hydroxyl groups is 5. The molecule has 4 aromatic rings. The summed E-state index contributed by atoms with van der Waals surface area (Å²) in [5.74, 6) is -0.481. The molecule has 7 N–H and O–H groups in total. The maximum Gasteiger partial charge on any atom is 0.349 e. The SMILES string of the molecule is CCCC1O[C@@H]2C[C@H]3[C@@H]4CCC5=CC(=O)C=C[C@]5(C)[C@H]4[C@@H](O)C[C@]3(C)[C@]2(C(=O)CO)O1.C[N+]1(C)[C@@H]2CC(OC(=O)C(O)(c3cccs3)c3cccs3)C[C@H]1[C@@H]1O[C@@H]12.OCc1cc(C(O)CNCCCCCCOCCCCc2ccccc2)ccc1O.[Br-]. The van der Waals surface area contributed by atoms with Gasteiger partial charge < -0.3 is 81.1 Å². The Bertz CT molecular complexity index is 2960. The highest BCUT2D eigenvalue weighted by Crippen LogP contribution is 2.70. The van der Waals surface area contributed by atoms with E-state index < -0.39 is 53.8 Å². The molecule has 4 saturated heterocycles. The van der Waals surface area contributed by atoms with E-state index in [0.29, 0.717) is 71.0 Å². The molecule has 2 aromatic carbocycles. The number of carbonyl (C=O) groups is 3. The summed E-state index contributed by atoms with van der Waals surface area (Å²) in [5.41, 5.74) is -0.232. The number of hydrogen-bond acceptors (Lipinski definition) is 17. The zero-order chi connectivity index (χ0) is 61.7. The molecule has 8 aliphatic rings. The van der Waals surface area contributed by atoms with Crippen molar-refractivity contribution in [1.29, 1.82) is 0 Å². The van der Waals surface area contributed by atoms with Crippen molar-refractivity contribution in [3.05, 3.63) is 134 Å². The van der Waals surface area contributed by atoms with Crippen LogP contribution in [0.5, 0.6) is 5.75 Å². The summed E-state index contributed by atoms with van der Waals surface area (Å²) in [6, 6.07) is 23.4. The lowest BCUT2D eigenvalue weighted by Gasteiger charge is -2.59. The Morgan fingerprint density at radius 3 is 2.22 bits per heavy atom. The molecule has 0 radical (unpaired) electrons. The molecular weight excluding hydrogens is 1220 g/mol. The minimum Gasteiger partial charge on any atom is -1.00 e. The number of aliphatic hydroxyl groups excluding tert-OH is 4. The van der Waals surface area contributed by atoms with Gasteiger partial charge in [-0.05, 0) is 141 Å². The maximum absolute atomic E-state index is 13.2. The summed E-state index contributed by atoms with van der Waals surface area (Å²) in [5, 5.41) is 68.8. The summed E-state index contributed by atoms with van der Waals surface area (Å²) in [4.78, 5) is 39.5. The second-order valence-corrected chi connectivity index (χ2v) is 28.3. The number of epoxide rings is 1. The first kappa shape index (κ1) is 68.3. The molecule has 3 saturated carbocycles. The molecule has 482 valence electrons. The number of aromatic hydroxyl groups is 1. The van der Waals surface area contributed by atoms with E-state index in [1.54, 1.807) is 36.4 Å². The molecule has 16 nitrogen and oxygen atoms in total. The van der Waals surface area contributed by atoms with Gasteiger partial charge in [-0.25, -0.2) is 4.79 Å². The molecule has 3 unspecified atom stereocenters. The standard InChI is InChI=1S/C25H37NO4.C25H34O6.C19H22NO4S2.BrH/c27-20-23-18-22(13-14-24(23)28)25(29)19-26-15-7-1-2-8-16-30-17-9-6-12-21-10-4-3-5-11-21;1-4-5-21-30-20-11-17-16-7-6-14-10-15(27)8-9-23(14,2)22(16)18(28)12-24(17,3)25(20,31-21)19(29)13-26;1-20(2)12-9-11(10-13(20)17-16(12)24-17)23-18(21)19(22,14-5-3-7-25-14)15-6-4-8-26-15;/h3-5,10-11,13-14,18,25-29H,1-2,6-9,12,15-17,19-20H2;8-10,16-18,20-22,26,28H,4-7,11-13H2,1-3H3;3-8,11-13,16-17,22H,9-10H2,1-2H3;1H/q;;+1;/p-1/t;16-,17-,18-,20+,21?,22+,23-,24-,25+;11?,12-,13+,16-,17+;/m.0../s1. The number of Topliss-reactive ketones (excluding diaryl/α,β-unsaturated/α-hetero) is 1. The van der Waals surface area contributed by atoms with Crippen LogP contribution in [0.15, 0.2) is 107 Å². The summed E-state index contributed by atoms with van der Waals surface area (Å²) < 4.78 is 31.0. The number of fused-ring (bicyclic) bond motifs is 12. The topological polar surface area (TPSA) is 234 Å². The molecule has 7 fully saturated rings. The molecular formula is C69H93BrN2O14S2. The Hall–Kier alpha value is -4.03. The lowest BCUT2D eigenvalue weighted by molar-refractivity contribution is -0.938. The van der Waals surface area contributed by atoms with Gasteiger partial charge in [0, 0.05) is 54.9 Å². The van der Waals surface area contributed by atoms with E-state index >= 15 is 0 Å². The van der Waals surface area contributed by atoms with Crippen molar-refractivity contribution < 1.29 is 90.2 Å². The third kappa shape index (κ3) is 13.7. The predicted octanol–water partition coefficient (Wildman–Crippen LogP) is 6.17. The molecule has 15 atom stereocenters. The molecule has 4 aliphatic heterocycles. The minimum atomic E-state index is -1.72. The number of rotatable bonds is 24. The number of aryl methyl sites for hydroxylation is 1. The van der Waals surface area contributed by atoms with Crippen LogP contribution < -0.4 is 22.3 Å². The average Bonchev–Trinajstić information content (AvgIpc) is 1.48. The highest BCUT2D eigenvalue weighted by molar-refractivity contribution is 7.12. The van der Waals surface area contributed by atoms with Gasteiger partial charge in [-0.3, -0.25) is 9.59 Å². The number of hydrogen-bond donors (Lipinski definition) is 7. The van der Waals surface area contributed by atoms with Crippen LogP contribution in [0.3, 0.4) is 0 Å². The fourth-order valence-electron chi connectivity index (χ4n) is 16.3. The van der Waals surface area contributed by atoms with E-state index in [1.807, 2.05) is 29.0 Å². The maximum atomic E-state index is 13.2. The van der Waals surface area contributed by atoms with Crippen molar-refractivity contribution in [3.8, 4) is 5.75 Å². The highest BCUT2D eigenvalue weighted by Gasteiger charge is 2.76. The number of piperidine rings is 1. The number of thiophene rings is 2. The minimum absolute atomic E-state index is 0. The van der Waals surface area contributed by atoms with E-state index in [-0.39, 0.29) is 70.2 Å². The predicted molar refractivity (Wildman–Crippen MR) is 332 cm³/mol. The smallest absolute Gasteiger partial charge is 0.349 e. The van der Waals surface area contributed by atoms with Crippen molar-refractivity contribution in [3.63, 3.8) is 0 Å². The number of esters is 1. The van der Waals surface area contributed by atoms with Gasteiger partial charge in [0.05, 0.1) is 48.8 Å². The number of likely N-dealkylation sites (N-methyl/N-ethyl adjacent to an activating group) is 1.